The van der Waals surface area contributed by atoms with Gasteiger partial charge in [0, 0.05) is 18.7 Å². The van der Waals surface area contributed by atoms with Crippen LogP contribution in [0.3, 0.4) is 0 Å². The van der Waals surface area contributed by atoms with E-state index in [0.717, 1.165) is 0 Å². The number of benzene rings is 2. The van der Waals surface area contributed by atoms with Gasteiger partial charge in [-0.25, -0.2) is 12.8 Å². The van der Waals surface area contributed by atoms with E-state index in [0.29, 0.717) is 37.2 Å². The molecular weight excluding hydrogens is 369 g/mol. The van der Waals surface area contributed by atoms with Gasteiger partial charge in [0.25, 0.3) is 0 Å². The Balaban J connectivity index is 1.43. The first-order valence-electron chi connectivity index (χ1n) is 8.79. The normalized spacial score (nSPS) is 20.6. The molecule has 2 aliphatic rings. The lowest BCUT2D eigenvalue weighted by molar-refractivity contribution is 0.0883. The molecule has 2 aromatic carbocycles. The Hall–Kier alpha value is -2.29. The molecule has 0 amide bonds. The smallest absolute Gasteiger partial charge is 0.244 e. The number of nitrogens with one attached hydrogen (secondary N) is 2. The van der Waals surface area contributed by atoms with Gasteiger partial charge in [-0.05, 0) is 49.2 Å². The molecule has 1 spiro atoms. The number of halogens is 1. The average Bonchev–Trinajstić information content (AvgIpc) is 2.64. The Morgan fingerprint density at radius 2 is 1.74 bits per heavy atom. The quantitative estimate of drug-likeness (QED) is 0.787. The van der Waals surface area contributed by atoms with Crippen LogP contribution in [0.2, 0.25) is 0 Å². The highest BCUT2D eigenvalue weighted by Gasteiger charge is 2.43. The van der Waals surface area contributed by atoms with Crippen molar-refractivity contribution in [3.8, 4) is 0 Å². The van der Waals surface area contributed by atoms with Crippen LogP contribution in [-0.2, 0) is 10.0 Å². The van der Waals surface area contributed by atoms with E-state index in [9.17, 15) is 17.6 Å². The number of para-hydroxylation sites is 1. The van der Waals surface area contributed by atoms with Crippen molar-refractivity contribution in [1.29, 1.82) is 0 Å². The molecule has 6 nitrogen and oxygen atoms in total. The van der Waals surface area contributed by atoms with Gasteiger partial charge >= 0.3 is 0 Å². The van der Waals surface area contributed by atoms with Crippen molar-refractivity contribution < 1.29 is 17.6 Å². The van der Waals surface area contributed by atoms with Crippen LogP contribution in [0.25, 0.3) is 0 Å². The van der Waals surface area contributed by atoms with Gasteiger partial charge in [-0.15, -0.1) is 0 Å². The Morgan fingerprint density at radius 3 is 2.44 bits per heavy atom. The summed E-state index contributed by atoms with van der Waals surface area (Å²) >= 11 is 0. The highest BCUT2D eigenvalue weighted by molar-refractivity contribution is 7.89. The zero-order chi connectivity index (χ0) is 19.1. The lowest BCUT2D eigenvalue weighted by atomic mass is 9.96. The summed E-state index contributed by atoms with van der Waals surface area (Å²) in [5.41, 5.74) is 0.344. The van der Waals surface area contributed by atoms with Gasteiger partial charge in [0.1, 0.15) is 16.4 Å². The molecule has 0 aliphatic carbocycles. The van der Waals surface area contributed by atoms with Crippen molar-refractivity contribution in [2.75, 3.05) is 25.0 Å². The number of Topliss-reactive ketones (excluding diaryl/α,β-unsaturated/α-hetero) is 1. The number of anilines is 1. The molecule has 27 heavy (non-hydrogen) atoms. The van der Waals surface area contributed by atoms with Crippen molar-refractivity contribution >= 4 is 21.5 Å². The average molecular weight is 389 g/mol. The zero-order valence-corrected chi connectivity index (χ0v) is 15.4. The lowest BCUT2D eigenvalue weighted by Gasteiger charge is -2.45. The summed E-state index contributed by atoms with van der Waals surface area (Å²) < 4.78 is 40.9. The standard InChI is InChI=1S/C19H20FN3O3S/c20-15-7-5-14(6-8-15)17(24)13-23-11-9-19(10-12-23)21-16-3-1-2-4-18(16)27(25,26)22-19/h1-8,21-22H,9-13H2. The lowest BCUT2D eigenvalue weighted by Crippen LogP contribution is -2.62. The molecule has 2 aliphatic heterocycles. The van der Waals surface area contributed by atoms with Crippen LogP contribution in [0, 0.1) is 5.82 Å². The second kappa shape index (κ2) is 6.70. The van der Waals surface area contributed by atoms with Crippen molar-refractivity contribution in [3.05, 3.63) is 59.9 Å². The van der Waals surface area contributed by atoms with Gasteiger partial charge in [0.05, 0.1) is 12.2 Å². The van der Waals surface area contributed by atoms with Crippen LogP contribution in [0.5, 0.6) is 0 Å². The van der Waals surface area contributed by atoms with E-state index in [2.05, 4.69) is 10.0 Å². The predicted octanol–water partition coefficient (Wildman–Crippen LogP) is 2.20. The van der Waals surface area contributed by atoms with E-state index >= 15 is 0 Å². The van der Waals surface area contributed by atoms with Crippen LogP contribution >= 0.6 is 0 Å². The predicted molar refractivity (Wildman–Crippen MR) is 99.5 cm³/mol. The summed E-state index contributed by atoms with van der Waals surface area (Å²) in [4.78, 5) is 14.6. The maximum absolute atomic E-state index is 13.0. The molecule has 0 saturated carbocycles. The first kappa shape index (κ1) is 18.1. The second-order valence-electron chi connectivity index (χ2n) is 7.01. The maximum Gasteiger partial charge on any atom is 0.244 e. The SMILES string of the molecule is O=C(CN1CCC2(CC1)Nc1ccccc1S(=O)(=O)N2)c1ccc(F)cc1. The summed E-state index contributed by atoms with van der Waals surface area (Å²) in [5, 5.41) is 3.34. The molecule has 142 valence electrons. The van der Waals surface area contributed by atoms with Crippen molar-refractivity contribution in [3.63, 3.8) is 0 Å². The molecule has 0 bridgehead atoms. The number of piperidine rings is 1. The maximum atomic E-state index is 13.0. The molecule has 0 radical (unpaired) electrons. The molecule has 2 aromatic rings. The Morgan fingerprint density at radius 1 is 1.07 bits per heavy atom. The van der Waals surface area contributed by atoms with Gasteiger partial charge in [0.2, 0.25) is 10.0 Å². The van der Waals surface area contributed by atoms with Crippen molar-refractivity contribution in [2.45, 2.75) is 23.4 Å². The topological polar surface area (TPSA) is 78.5 Å². The highest BCUT2D eigenvalue weighted by Crippen LogP contribution is 2.34. The third-order valence-electron chi connectivity index (χ3n) is 5.12. The Kier molecular flexibility index (Phi) is 4.49. The second-order valence-corrected chi connectivity index (χ2v) is 8.67. The van der Waals surface area contributed by atoms with Crippen molar-refractivity contribution in [2.24, 2.45) is 0 Å². The van der Waals surface area contributed by atoms with Gasteiger partial charge in [-0.1, -0.05) is 12.1 Å². The third kappa shape index (κ3) is 3.60. The summed E-state index contributed by atoms with van der Waals surface area (Å²) in [6, 6.07) is 12.4. The number of likely N-dealkylation sites (tertiary alicyclic amines) is 1. The summed E-state index contributed by atoms with van der Waals surface area (Å²) in [5.74, 6) is -0.448. The Bertz CT molecular complexity index is 968. The highest BCUT2D eigenvalue weighted by atomic mass is 32.2. The number of carbonyl (C=O) groups is 1. The first-order chi connectivity index (χ1) is 12.9. The number of sulfonamides is 1. The van der Waals surface area contributed by atoms with Crippen LogP contribution in [0.1, 0.15) is 23.2 Å². The number of ketones is 1. The summed E-state index contributed by atoms with van der Waals surface area (Å²) in [6.07, 6.45) is 1.08. The number of carbonyl (C=O) groups excluding carboxylic acids is 1. The molecule has 8 heteroatoms. The van der Waals surface area contributed by atoms with E-state index < -0.39 is 15.7 Å². The monoisotopic (exact) mass is 389 g/mol. The largest absolute Gasteiger partial charge is 0.365 e. The van der Waals surface area contributed by atoms with E-state index in [1.807, 2.05) is 4.90 Å². The number of hydrogen-bond acceptors (Lipinski definition) is 5. The zero-order valence-electron chi connectivity index (χ0n) is 14.6. The molecule has 2 N–H and O–H groups in total. The molecule has 4 rings (SSSR count). The van der Waals surface area contributed by atoms with E-state index in [-0.39, 0.29) is 23.0 Å². The van der Waals surface area contributed by atoms with E-state index in [1.54, 1.807) is 24.3 Å². The molecule has 2 heterocycles. The minimum Gasteiger partial charge on any atom is -0.365 e. The van der Waals surface area contributed by atoms with Gasteiger partial charge in [-0.3, -0.25) is 9.69 Å². The van der Waals surface area contributed by atoms with E-state index in [4.69, 9.17) is 0 Å². The number of fused-ring (bicyclic) bond motifs is 1. The van der Waals surface area contributed by atoms with E-state index in [1.165, 1.54) is 24.3 Å². The van der Waals surface area contributed by atoms with Crippen molar-refractivity contribution in [1.82, 2.24) is 9.62 Å². The molecule has 1 saturated heterocycles. The molecule has 0 unspecified atom stereocenters. The first-order valence-corrected chi connectivity index (χ1v) is 10.3. The van der Waals surface area contributed by atoms with Crippen LogP contribution in [0.4, 0.5) is 10.1 Å². The molecule has 0 aromatic heterocycles. The molecular formula is C19H20FN3O3S. The van der Waals surface area contributed by atoms with Crippen LogP contribution in [0.15, 0.2) is 53.4 Å². The fraction of sp³-hybridized carbons (Fsp3) is 0.316. The third-order valence-corrected chi connectivity index (χ3v) is 6.72. The fourth-order valence-corrected chi connectivity index (χ4v) is 5.20. The minimum absolute atomic E-state index is 0.0755. The summed E-state index contributed by atoms with van der Waals surface area (Å²) in [7, 11) is -3.57. The minimum atomic E-state index is -3.57. The van der Waals surface area contributed by atoms with Gasteiger partial charge in [-0.2, -0.15) is 4.72 Å². The fourth-order valence-electron chi connectivity index (χ4n) is 3.65. The number of rotatable bonds is 3. The van der Waals surface area contributed by atoms with Gasteiger partial charge < -0.3 is 5.32 Å². The summed E-state index contributed by atoms with van der Waals surface area (Å²) in [6.45, 7) is 1.38. The van der Waals surface area contributed by atoms with Crippen LogP contribution in [-0.4, -0.2) is 44.4 Å². The molecule has 0 atom stereocenters. The van der Waals surface area contributed by atoms with Gasteiger partial charge in [0.15, 0.2) is 5.78 Å². The molecule has 1 fully saturated rings. The number of hydrogen-bond donors (Lipinski definition) is 2. The Labute approximate surface area is 157 Å². The number of nitrogens with zero attached hydrogens (tertiary/aromatic N) is 1. The van der Waals surface area contributed by atoms with Crippen LogP contribution < -0.4 is 10.0 Å².